The third-order valence-corrected chi connectivity index (χ3v) is 2.18. The van der Waals surface area contributed by atoms with Gasteiger partial charge in [-0.1, -0.05) is 15.9 Å². The van der Waals surface area contributed by atoms with Crippen molar-refractivity contribution in [1.82, 2.24) is 10.2 Å². The van der Waals surface area contributed by atoms with E-state index < -0.39 is 0 Å². The van der Waals surface area contributed by atoms with Gasteiger partial charge in [-0.15, -0.1) is 5.10 Å². The summed E-state index contributed by atoms with van der Waals surface area (Å²) < 4.78 is 6.08. The normalized spacial score (nSPS) is 10.5. The molecule has 0 amide bonds. The molecule has 0 aliphatic heterocycles. The fourth-order valence-corrected chi connectivity index (χ4v) is 1.48. The Kier molecular flexibility index (Phi) is 1.77. The number of H-pyrrole nitrogens is 1. The Bertz CT molecular complexity index is 410. The first kappa shape index (κ1) is 7.61. The number of halogens is 1. The predicted molar refractivity (Wildman–Crippen MR) is 50.3 cm³/mol. The highest BCUT2D eigenvalue weighted by Crippen LogP contribution is 2.24. The Labute approximate surface area is 77.9 Å². The maximum Gasteiger partial charge on any atom is 0.240 e. The van der Waals surface area contributed by atoms with Crippen LogP contribution in [-0.4, -0.2) is 17.3 Å². The van der Waals surface area contributed by atoms with E-state index in [0.29, 0.717) is 5.88 Å². The molecule has 4 heteroatoms. The van der Waals surface area contributed by atoms with Gasteiger partial charge in [-0.05, 0) is 18.2 Å². The van der Waals surface area contributed by atoms with Gasteiger partial charge in [0.2, 0.25) is 5.88 Å². The van der Waals surface area contributed by atoms with Gasteiger partial charge < -0.3 is 4.74 Å². The third-order valence-electron chi connectivity index (χ3n) is 1.68. The van der Waals surface area contributed by atoms with Crippen LogP contribution >= 0.6 is 15.9 Å². The number of aromatic amines is 1. The Morgan fingerprint density at radius 3 is 3.08 bits per heavy atom. The molecule has 0 saturated carbocycles. The summed E-state index contributed by atoms with van der Waals surface area (Å²) in [6, 6.07) is 5.88. The van der Waals surface area contributed by atoms with Gasteiger partial charge in [0.15, 0.2) is 0 Å². The van der Waals surface area contributed by atoms with Crippen LogP contribution in [0.5, 0.6) is 5.88 Å². The third kappa shape index (κ3) is 1.08. The first-order valence-corrected chi connectivity index (χ1v) is 4.28. The van der Waals surface area contributed by atoms with Crippen molar-refractivity contribution in [3.05, 3.63) is 22.7 Å². The van der Waals surface area contributed by atoms with Gasteiger partial charge in [-0.25, -0.2) is 0 Å². The number of ether oxygens (including phenoxy) is 1. The maximum atomic E-state index is 5.05. The van der Waals surface area contributed by atoms with Crippen LogP contribution in [0.4, 0.5) is 0 Å². The van der Waals surface area contributed by atoms with Crippen molar-refractivity contribution < 1.29 is 4.74 Å². The molecule has 0 atom stereocenters. The van der Waals surface area contributed by atoms with Crippen molar-refractivity contribution in [2.24, 2.45) is 0 Å². The Balaban J connectivity index is 2.73. The molecule has 0 unspecified atom stereocenters. The van der Waals surface area contributed by atoms with E-state index >= 15 is 0 Å². The maximum absolute atomic E-state index is 5.05. The second-order valence-corrected chi connectivity index (χ2v) is 3.34. The molecule has 0 saturated heterocycles. The van der Waals surface area contributed by atoms with Gasteiger partial charge in [0.1, 0.15) is 0 Å². The first-order chi connectivity index (χ1) is 5.81. The zero-order chi connectivity index (χ0) is 8.55. The Morgan fingerprint density at radius 1 is 1.50 bits per heavy atom. The molecule has 1 N–H and O–H groups in total. The number of nitrogens with zero attached hydrogens (tertiary/aromatic N) is 1. The van der Waals surface area contributed by atoms with Crippen LogP contribution in [0.15, 0.2) is 22.7 Å². The molecule has 2 aromatic rings. The number of rotatable bonds is 1. The quantitative estimate of drug-likeness (QED) is 0.811. The molecular weight excluding hydrogens is 220 g/mol. The highest BCUT2D eigenvalue weighted by molar-refractivity contribution is 9.10. The van der Waals surface area contributed by atoms with E-state index in [1.54, 1.807) is 7.11 Å². The molecule has 0 aliphatic carbocycles. The molecule has 0 radical (unpaired) electrons. The summed E-state index contributed by atoms with van der Waals surface area (Å²) in [6.45, 7) is 0. The van der Waals surface area contributed by atoms with Crippen LogP contribution < -0.4 is 4.74 Å². The van der Waals surface area contributed by atoms with Gasteiger partial charge in [-0.3, -0.25) is 5.10 Å². The average Bonchev–Trinajstić information content (AvgIpc) is 2.46. The van der Waals surface area contributed by atoms with Gasteiger partial charge in [-0.2, -0.15) is 0 Å². The predicted octanol–water partition coefficient (Wildman–Crippen LogP) is 2.33. The van der Waals surface area contributed by atoms with Crippen LogP contribution in [-0.2, 0) is 0 Å². The largest absolute Gasteiger partial charge is 0.480 e. The lowest BCUT2D eigenvalue weighted by atomic mass is 10.2. The average molecular weight is 227 g/mol. The molecule has 0 spiro atoms. The summed E-state index contributed by atoms with van der Waals surface area (Å²) in [5.41, 5.74) is 0.973. The lowest BCUT2D eigenvalue weighted by Gasteiger charge is -1.93. The van der Waals surface area contributed by atoms with Crippen LogP contribution in [0.1, 0.15) is 0 Å². The van der Waals surface area contributed by atoms with E-state index in [9.17, 15) is 0 Å². The number of hydrogen-bond donors (Lipinski definition) is 1. The van der Waals surface area contributed by atoms with Crippen molar-refractivity contribution in [1.29, 1.82) is 0 Å². The van der Waals surface area contributed by atoms with Crippen molar-refractivity contribution in [2.75, 3.05) is 7.11 Å². The molecule has 62 valence electrons. The molecule has 1 aromatic heterocycles. The zero-order valence-corrected chi connectivity index (χ0v) is 8.05. The minimum Gasteiger partial charge on any atom is -0.480 e. The van der Waals surface area contributed by atoms with Crippen molar-refractivity contribution >= 4 is 26.8 Å². The van der Waals surface area contributed by atoms with Crippen LogP contribution in [0.25, 0.3) is 10.9 Å². The SMILES string of the molecule is COc1n[nH]c2cc(Br)ccc12. The van der Waals surface area contributed by atoms with Gasteiger partial charge in [0.05, 0.1) is 18.0 Å². The van der Waals surface area contributed by atoms with Crippen LogP contribution in [0.3, 0.4) is 0 Å². The first-order valence-electron chi connectivity index (χ1n) is 3.49. The molecule has 2 rings (SSSR count). The highest BCUT2D eigenvalue weighted by Gasteiger charge is 2.04. The second-order valence-electron chi connectivity index (χ2n) is 2.42. The van der Waals surface area contributed by atoms with E-state index in [0.717, 1.165) is 15.4 Å². The lowest BCUT2D eigenvalue weighted by molar-refractivity contribution is 0.401. The molecule has 12 heavy (non-hydrogen) atoms. The number of nitrogens with one attached hydrogen (secondary N) is 1. The Morgan fingerprint density at radius 2 is 2.33 bits per heavy atom. The summed E-state index contributed by atoms with van der Waals surface area (Å²) in [4.78, 5) is 0. The molecular formula is C8H7BrN2O. The van der Waals surface area contributed by atoms with Crippen LogP contribution in [0, 0.1) is 0 Å². The summed E-state index contributed by atoms with van der Waals surface area (Å²) in [6.07, 6.45) is 0. The van der Waals surface area contributed by atoms with Gasteiger partial charge >= 0.3 is 0 Å². The number of aromatic nitrogens is 2. The number of methoxy groups -OCH3 is 1. The molecule has 1 aromatic carbocycles. The van der Waals surface area contributed by atoms with Crippen molar-refractivity contribution in [3.63, 3.8) is 0 Å². The summed E-state index contributed by atoms with van der Waals surface area (Å²) in [5, 5.41) is 7.86. The topological polar surface area (TPSA) is 37.9 Å². The summed E-state index contributed by atoms with van der Waals surface area (Å²) in [7, 11) is 1.61. The number of benzene rings is 1. The second kappa shape index (κ2) is 2.79. The van der Waals surface area contributed by atoms with E-state index in [4.69, 9.17) is 4.74 Å². The lowest BCUT2D eigenvalue weighted by Crippen LogP contribution is -1.81. The van der Waals surface area contributed by atoms with Crippen molar-refractivity contribution in [3.8, 4) is 5.88 Å². The molecule has 0 fully saturated rings. The minimum atomic E-state index is 0.637. The Hall–Kier alpha value is -1.03. The standard InChI is InChI=1S/C8H7BrN2O/c1-12-8-6-3-2-5(9)4-7(6)10-11-8/h2-4H,1H3,(H,10,11). The molecule has 0 bridgehead atoms. The van der Waals surface area contributed by atoms with E-state index in [-0.39, 0.29) is 0 Å². The fraction of sp³-hybridized carbons (Fsp3) is 0.125. The number of hydrogen-bond acceptors (Lipinski definition) is 2. The van der Waals surface area contributed by atoms with E-state index in [1.807, 2.05) is 18.2 Å². The highest BCUT2D eigenvalue weighted by atomic mass is 79.9. The monoisotopic (exact) mass is 226 g/mol. The smallest absolute Gasteiger partial charge is 0.240 e. The van der Waals surface area contributed by atoms with E-state index in [2.05, 4.69) is 26.1 Å². The van der Waals surface area contributed by atoms with Crippen molar-refractivity contribution in [2.45, 2.75) is 0 Å². The molecule has 0 aliphatic rings. The summed E-state index contributed by atoms with van der Waals surface area (Å²) in [5.74, 6) is 0.637. The van der Waals surface area contributed by atoms with Crippen LogP contribution in [0.2, 0.25) is 0 Å². The molecule has 1 heterocycles. The number of fused-ring (bicyclic) bond motifs is 1. The summed E-state index contributed by atoms with van der Waals surface area (Å²) >= 11 is 3.37. The minimum absolute atomic E-state index is 0.637. The van der Waals surface area contributed by atoms with Gasteiger partial charge in [0, 0.05) is 4.47 Å². The van der Waals surface area contributed by atoms with E-state index in [1.165, 1.54) is 0 Å². The van der Waals surface area contributed by atoms with Gasteiger partial charge in [0.25, 0.3) is 0 Å². The zero-order valence-electron chi connectivity index (χ0n) is 6.47. The fourth-order valence-electron chi connectivity index (χ4n) is 1.12. The molecule has 3 nitrogen and oxygen atoms in total.